The summed E-state index contributed by atoms with van der Waals surface area (Å²) in [5, 5.41) is 10.6. The van der Waals surface area contributed by atoms with E-state index in [1.807, 2.05) is 7.05 Å². The molecule has 0 saturated carbocycles. The van der Waals surface area contributed by atoms with Crippen LogP contribution in [0.1, 0.15) is 32.5 Å². The third kappa shape index (κ3) is 4.35. The van der Waals surface area contributed by atoms with E-state index in [1.165, 1.54) is 12.8 Å². The molecule has 102 valence electrons. The van der Waals surface area contributed by atoms with Gasteiger partial charge < -0.3 is 10.6 Å². The molecule has 0 unspecified atom stereocenters. The maximum absolute atomic E-state index is 4.19. The molecule has 6 heteroatoms. The molecule has 0 aliphatic heterocycles. The highest BCUT2D eigenvalue weighted by Gasteiger charge is 2.06. The Labute approximate surface area is 109 Å². The first-order chi connectivity index (χ1) is 8.71. The summed E-state index contributed by atoms with van der Waals surface area (Å²) in [5.41, 5.74) is 0. The van der Waals surface area contributed by atoms with Crippen molar-refractivity contribution in [2.75, 3.05) is 13.6 Å². The van der Waals surface area contributed by atoms with E-state index in [4.69, 9.17) is 0 Å². The maximum atomic E-state index is 4.19. The lowest BCUT2D eigenvalue weighted by Gasteiger charge is -2.16. The van der Waals surface area contributed by atoms with Gasteiger partial charge in [0.1, 0.15) is 12.2 Å². The number of aliphatic imine (C=N–C) groups is 1. The Kier molecular flexibility index (Phi) is 6.18. The van der Waals surface area contributed by atoms with Crippen LogP contribution in [-0.2, 0) is 13.6 Å². The molecule has 1 rings (SSSR count). The summed E-state index contributed by atoms with van der Waals surface area (Å²) in [5.74, 6) is 2.39. The Balaban J connectivity index is 2.37. The van der Waals surface area contributed by atoms with Crippen molar-refractivity contribution in [1.29, 1.82) is 0 Å². The molecule has 1 aromatic rings. The fraction of sp³-hybridized carbons (Fsp3) is 0.750. The summed E-state index contributed by atoms with van der Waals surface area (Å²) in [4.78, 5) is 8.35. The predicted molar refractivity (Wildman–Crippen MR) is 73.3 cm³/mol. The molecular weight excluding hydrogens is 228 g/mol. The van der Waals surface area contributed by atoms with Gasteiger partial charge in [-0.25, -0.2) is 4.98 Å². The molecule has 0 aliphatic carbocycles. The van der Waals surface area contributed by atoms with Gasteiger partial charge in [0.25, 0.3) is 0 Å². The zero-order valence-corrected chi connectivity index (χ0v) is 11.8. The second-order valence-electron chi connectivity index (χ2n) is 4.29. The Morgan fingerprint density at radius 2 is 2.11 bits per heavy atom. The molecule has 2 N–H and O–H groups in total. The fourth-order valence-electron chi connectivity index (χ4n) is 1.68. The lowest BCUT2D eigenvalue weighted by Crippen LogP contribution is -2.39. The van der Waals surface area contributed by atoms with Gasteiger partial charge >= 0.3 is 0 Å². The lowest BCUT2D eigenvalue weighted by atomic mass is 10.0. The Bertz CT molecular complexity index is 366. The average molecular weight is 252 g/mol. The monoisotopic (exact) mass is 252 g/mol. The quantitative estimate of drug-likeness (QED) is 0.583. The van der Waals surface area contributed by atoms with E-state index in [9.17, 15) is 0 Å². The molecule has 0 bridgehead atoms. The van der Waals surface area contributed by atoms with Gasteiger partial charge in [0.15, 0.2) is 5.96 Å². The van der Waals surface area contributed by atoms with E-state index < -0.39 is 0 Å². The van der Waals surface area contributed by atoms with Crippen LogP contribution in [0.5, 0.6) is 0 Å². The second-order valence-corrected chi connectivity index (χ2v) is 4.29. The molecule has 0 fully saturated rings. The molecule has 0 atom stereocenters. The zero-order valence-electron chi connectivity index (χ0n) is 11.8. The summed E-state index contributed by atoms with van der Waals surface area (Å²) in [7, 11) is 3.66. The number of nitrogens with one attached hydrogen (secondary N) is 2. The van der Waals surface area contributed by atoms with Gasteiger partial charge in [0, 0.05) is 20.6 Å². The van der Waals surface area contributed by atoms with Crippen molar-refractivity contribution < 1.29 is 0 Å². The van der Waals surface area contributed by atoms with Crippen molar-refractivity contribution in [2.45, 2.75) is 33.2 Å². The summed E-state index contributed by atoms with van der Waals surface area (Å²) >= 11 is 0. The first-order valence-electron chi connectivity index (χ1n) is 6.48. The molecule has 0 radical (unpaired) electrons. The zero-order chi connectivity index (χ0) is 13.4. The van der Waals surface area contributed by atoms with Crippen LogP contribution in [0.25, 0.3) is 0 Å². The Hall–Kier alpha value is -1.59. The average Bonchev–Trinajstić information content (AvgIpc) is 2.80. The first-order valence-corrected chi connectivity index (χ1v) is 6.48. The number of hydrogen-bond acceptors (Lipinski definition) is 3. The van der Waals surface area contributed by atoms with E-state index in [2.05, 4.69) is 39.6 Å². The van der Waals surface area contributed by atoms with Crippen molar-refractivity contribution in [3.8, 4) is 0 Å². The molecule has 6 nitrogen and oxygen atoms in total. The van der Waals surface area contributed by atoms with Gasteiger partial charge in [-0.05, 0) is 5.92 Å². The second kappa shape index (κ2) is 7.68. The minimum absolute atomic E-state index is 0.624. The molecule has 1 aromatic heterocycles. The molecular formula is C12H24N6. The Morgan fingerprint density at radius 3 is 2.61 bits per heavy atom. The van der Waals surface area contributed by atoms with Gasteiger partial charge in [-0.2, -0.15) is 5.10 Å². The molecule has 0 amide bonds. The van der Waals surface area contributed by atoms with Gasteiger partial charge in [0.05, 0.1) is 6.54 Å². The lowest BCUT2D eigenvalue weighted by molar-refractivity contribution is 0.481. The van der Waals surface area contributed by atoms with Gasteiger partial charge in [-0.15, -0.1) is 0 Å². The van der Waals surface area contributed by atoms with Crippen LogP contribution in [0, 0.1) is 5.92 Å². The molecule has 0 aliphatic rings. The number of nitrogens with zero attached hydrogens (tertiary/aromatic N) is 4. The summed E-state index contributed by atoms with van der Waals surface area (Å²) in [6.07, 6.45) is 3.92. The van der Waals surface area contributed by atoms with E-state index in [0.29, 0.717) is 12.5 Å². The Morgan fingerprint density at radius 1 is 1.39 bits per heavy atom. The van der Waals surface area contributed by atoms with Crippen LogP contribution in [0.4, 0.5) is 0 Å². The number of rotatable bonds is 6. The van der Waals surface area contributed by atoms with Crippen LogP contribution in [0.15, 0.2) is 11.3 Å². The van der Waals surface area contributed by atoms with E-state index in [1.54, 1.807) is 18.1 Å². The maximum Gasteiger partial charge on any atom is 0.191 e. The number of guanidine groups is 1. The summed E-state index contributed by atoms with van der Waals surface area (Å²) in [6.45, 7) is 6.00. The van der Waals surface area contributed by atoms with Gasteiger partial charge in [-0.1, -0.05) is 26.7 Å². The predicted octanol–water partition coefficient (Wildman–Crippen LogP) is 0.916. The highest BCUT2D eigenvalue weighted by molar-refractivity contribution is 5.79. The summed E-state index contributed by atoms with van der Waals surface area (Å²) < 4.78 is 1.75. The molecule has 18 heavy (non-hydrogen) atoms. The van der Waals surface area contributed by atoms with E-state index in [-0.39, 0.29) is 0 Å². The van der Waals surface area contributed by atoms with Crippen molar-refractivity contribution in [3.63, 3.8) is 0 Å². The molecule has 0 aromatic carbocycles. The van der Waals surface area contributed by atoms with Crippen molar-refractivity contribution in [2.24, 2.45) is 18.0 Å². The fourth-order valence-corrected chi connectivity index (χ4v) is 1.68. The minimum Gasteiger partial charge on any atom is -0.356 e. The van der Waals surface area contributed by atoms with Crippen LogP contribution in [0.3, 0.4) is 0 Å². The minimum atomic E-state index is 0.624. The van der Waals surface area contributed by atoms with Gasteiger partial charge in [0.2, 0.25) is 0 Å². The number of aromatic nitrogens is 3. The number of aryl methyl sites for hydroxylation is 1. The first kappa shape index (κ1) is 14.5. The van der Waals surface area contributed by atoms with Crippen molar-refractivity contribution >= 4 is 5.96 Å². The standard InChI is InChI=1S/C12H24N6/c1-5-10(6-2)7-14-12(13-3)15-8-11-16-9-17-18(11)4/h9-10H,5-8H2,1-4H3,(H2,13,14,15). The van der Waals surface area contributed by atoms with Crippen molar-refractivity contribution in [3.05, 3.63) is 12.2 Å². The van der Waals surface area contributed by atoms with Crippen LogP contribution in [0.2, 0.25) is 0 Å². The molecule has 0 spiro atoms. The SMILES string of the molecule is CCC(CC)CNC(=NC)NCc1ncnn1C. The largest absolute Gasteiger partial charge is 0.356 e. The normalized spacial score (nSPS) is 11.9. The van der Waals surface area contributed by atoms with Crippen LogP contribution >= 0.6 is 0 Å². The van der Waals surface area contributed by atoms with E-state index in [0.717, 1.165) is 18.3 Å². The molecule has 1 heterocycles. The summed E-state index contributed by atoms with van der Waals surface area (Å²) in [6, 6.07) is 0. The smallest absolute Gasteiger partial charge is 0.191 e. The highest BCUT2D eigenvalue weighted by Crippen LogP contribution is 2.04. The third-order valence-corrected chi connectivity index (χ3v) is 3.16. The molecule has 0 saturated heterocycles. The van der Waals surface area contributed by atoms with Gasteiger partial charge in [-0.3, -0.25) is 9.67 Å². The topological polar surface area (TPSA) is 67.1 Å². The van der Waals surface area contributed by atoms with Crippen LogP contribution < -0.4 is 10.6 Å². The van der Waals surface area contributed by atoms with Crippen LogP contribution in [-0.4, -0.2) is 34.3 Å². The van der Waals surface area contributed by atoms with Crippen molar-refractivity contribution in [1.82, 2.24) is 25.4 Å². The van der Waals surface area contributed by atoms with E-state index >= 15 is 0 Å². The third-order valence-electron chi connectivity index (χ3n) is 3.16. The number of hydrogen-bond donors (Lipinski definition) is 2. The highest BCUT2D eigenvalue weighted by atomic mass is 15.3.